The summed E-state index contributed by atoms with van der Waals surface area (Å²) in [4.78, 5) is 0. The second-order valence-corrected chi connectivity index (χ2v) is 8.32. The maximum atomic E-state index is 10.7. The minimum absolute atomic E-state index is 0.108. The van der Waals surface area contributed by atoms with E-state index in [0.29, 0.717) is 24.3 Å². The topological polar surface area (TPSA) is 109 Å². The number of ether oxygens (including phenoxy) is 3. The molecule has 0 spiro atoms. The molecule has 29 heavy (non-hydrogen) atoms. The van der Waals surface area contributed by atoms with Crippen LogP contribution in [0.15, 0.2) is 0 Å². The van der Waals surface area contributed by atoms with Crippen LogP contribution in [-0.2, 0) is 22.5 Å². The largest absolute Gasteiger partial charge is 0.507 e. The molecule has 0 aromatic heterocycles. The lowest BCUT2D eigenvalue weighted by atomic mass is 9.89. The van der Waals surface area contributed by atoms with E-state index in [0.717, 1.165) is 36.0 Å². The van der Waals surface area contributed by atoms with Crippen LogP contribution < -0.4 is 4.74 Å². The maximum absolute atomic E-state index is 10.7. The number of aromatic hydroxyl groups is 1. The van der Waals surface area contributed by atoms with Crippen LogP contribution in [0.25, 0.3) is 0 Å². The second kappa shape index (κ2) is 9.18. The van der Waals surface area contributed by atoms with Gasteiger partial charge in [0.2, 0.25) is 6.29 Å². The summed E-state index contributed by atoms with van der Waals surface area (Å²) < 4.78 is 17.6. The predicted octanol–water partition coefficient (Wildman–Crippen LogP) is 2.24. The van der Waals surface area contributed by atoms with Crippen molar-refractivity contribution in [3.05, 3.63) is 22.3 Å². The van der Waals surface area contributed by atoms with Gasteiger partial charge in [0.1, 0.15) is 29.8 Å². The first-order valence-electron chi connectivity index (χ1n) is 10.6. The molecule has 6 unspecified atom stereocenters. The van der Waals surface area contributed by atoms with Crippen LogP contribution in [0.1, 0.15) is 61.8 Å². The number of aliphatic hydroxyl groups is 3. The van der Waals surface area contributed by atoms with Gasteiger partial charge >= 0.3 is 0 Å². The molecule has 1 aromatic carbocycles. The molecule has 3 rings (SSSR count). The third-order valence-electron chi connectivity index (χ3n) is 6.21. The average Bonchev–Trinajstić information content (AvgIpc) is 2.71. The lowest BCUT2D eigenvalue weighted by Crippen LogP contribution is -2.58. The van der Waals surface area contributed by atoms with E-state index in [4.69, 9.17) is 14.2 Å². The molecule has 164 valence electrons. The van der Waals surface area contributed by atoms with Gasteiger partial charge in [-0.15, -0.1) is 0 Å². The number of benzene rings is 1. The Kier molecular flexibility index (Phi) is 7.06. The molecule has 0 bridgehead atoms. The highest BCUT2D eigenvalue weighted by atomic mass is 16.7. The van der Waals surface area contributed by atoms with Crippen molar-refractivity contribution in [3.8, 4) is 11.5 Å². The van der Waals surface area contributed by atoms with Crippen LogP contribution in [0.4, 0.5) is 0 Å². The third kappa shape index (κ3) is 4.39. The van der Waals surface area contributed by atoms with Gasteiger partial charge in [-0.3, -0.25) is 0 Å². The third-order valence-corrected chi connectivity index (χ3v) is 6.21. The maximum Gasteiger partial charge on any atom is 0.229 e. The highest BCUT2D eigenvalue weighted by molar-refractivity contribution is 5.58. The van der Waals surface area contributed by atoms with Crippen molar-refractivity contribution >= 4 is 0 Å². The quantitative estimate of drug-likeness (QED) is 0.533. The standard InChI is InChI=1S/C22H34O7/c1-5-6-7-8-14-9-15-11(2)17(23)12(3)21(16(15)10-27-14)29-22-20(26)19(25)18(24)13(4)28-22/h13-14,18-20,22-26H,5-10H2,1-4H3. The van der Waals surface area contributed by atoms with Gasteiger partial charge in [0, 0.05) is 11.1 Å². The van der Waals surface area contributed by atoms with Gasteiger partial charge in [-0.25, -0.2) is 0 Å². The monoisotopic (exact) mass is 410 g/mol. The summed E-state index contributed by atoms with van der Waals surface area (Å²) in [6.07, 6.45) is -0.630. The molecule has 2 heterocycles. The highest BCUT2D eigenvalue weighted by Crippen LogP contribution is 2.42. The molecule has 2 aliphatic heterocycles. The van der Waals surface area contributed by atoms with Crippen molar-refractivity contribution in [1.82, 2.24) is 0 Å². The van der Waals surface area contributed by atoms with Crippen molar-refractivity contribution in [2.24, 2.45) is 0 Å². The molecule has 7 heteroatoms. The van der Waals surface area contributed by atoms with Crippen LogP contribution in [0.2, 0.25) is 0 Å². The van der Waals surface area contributed by atoms with E-state index in [1.54, 1.807) is 13.8 Å². The van der Waals surface area contributed by atoms with Crippen LogP contribution in [0.3, 0.4) is 0 Å². The number of fused-ring (bicyclic) bond motifs is 1. The summed E-state index contributed by atoms with van der Waals surface area (Å²) in [5.41, 5.74) is 3.21. The van der Waals surface area contributed by atoms with E-state index >= 15 is 0 Å². The fourth-order valence-corrected chi connectivity index (χ4v) is 4.23. The summed E-state index contributed by atoms with van der Waals surface area (Å²) in [6.45, 7) is 7.77. The van der Waals surface area contributed by atoms with Crippen molar-refractivity contribution in [1.29, 1.82) is 0 Å². The zero-order chi connectivity index (χ0) is 21.3. The van der Waals surface area contributed by atoms with E-state index in [-0.39, 0.29) is 11.9 Å². The number of phenolic OH excluding ortho intramolecular Hbond substituents is 1. The minimum atomic E-state index is -1.41. The summed E-state index contributed by atoms with van der Waals surface area (Å²) in [5.74, 6) is 0.571. The molecule has 1 aromatic rings. The fourth-order valence-electron chi connectivity index (χ4n) is 4.23. The molecule has 1 saturated heterocycles. The van der Waals surface area contributed by atoms with Crippen LogP contribution in [0, 0.1) is 13.8 Å². The number of unbranched alkanes of at least 4 members (excludes halogenated alkanes) is 2. The lowest BCUT2D eigenvalue weighted by molar-refractivity contribution is -0.268. The van der Waals surface area contributed by atoms with Crippen molar-refractivity contribution < 1.29 is 34.6 Å². The van der Waals surface area contributed by atoms with E-state index in [1.807, 2.05) is 6.92 Å². The fraction of sp³-hybridized carbons (Fsp3) is 0.727. The first-order chi connectivity index (χ1) is 13.8. The first-order valence-corrected chi connectivity index (χ1v) is 10.6. The Balaban J connectivity index is 1.87. The predicted molar refractivity (Wildman–Crippen MR) is 107 cm³/mol. The summed E-state index contributed by atoms with van der Waals surface area (Å²) >= 11 is 0. The zero-order valence-electron chi connectivity index (χ0n) is 17.7. The number of rotatable bonds is 6. The van der Waals surface area contributed by atoms with Crippen LogP contribution >= 0.6 is 0 Å². The molecule has 0 radical (unpaired) electrons. The number of aliphatic hydroxyl groups excluding tert-OH is 3. The second-order valence-electron chi connectivity index (χ2n) is 8.32. The van der Waals surface area contributed by atoms with Gasteiger partial charge in [0.25, 0.3) is 0 Å². The molecular formula is C22H34O7. The van der Waals surface area contributed by atoms with E-state index < -0.39 is 30.7 Å². The van der Waals surface area contributed by atoms with Gasteiger partial charge in [-0.2, -0.15) is 0 Å². The highest BCUT2D eigenvalue weighted by Gasteiger charge is 2.44. The van der Waals surface area contributed by atoms with Crippen LogP contribution in [0.5, 0.6) is 11.5 Å². The van der Waals surface area contributed by atoms with Crippen molar-refractivity contribution in [3.63, 3.8) is 0 Å². The molecule has 7 nitrogen and oxygen atoms in total. The Morgan fingerprint density at radius 2 is 1.72 bits per heavy atom. The van der Waals surface area contributed by atoms with E-state index in [1.165, 1.54) is 6.42 Å². The van der Waals surface area contributed by atoms with Gasteiger partial charge in [0.15, 0.2) is 0 Å². The Labute approximate surface area is 172 Å². The average molecular weight is 411 g/mol. The molecule has 2 aliphatic rings. The Morgan fingerprint density at radius 3 is 2.41 bits per heavy atom. The van der Waals surface area contributed by atoms with Crippen LogP contribution in [-0.4, -0.2) is 57.2 Å². The van der Waals surface area contributed by atoms with Gasteiger partial charge in [-0.1, -0.05) is 26.2 Å². The van der Waals surface area contributed by atoms with Crippen molar-refractivity contribution in [2.75, 3.05) is 0 Å². The number of phenols is 1. The Morgan fingerprint density at radius 1 is 1.00 bits per heavy atom. The van der Waals surface area contributed by atoms with E-state index in [2.05, 4.69) is 6.92 Å². The molecule has 0 amide bonds. The van der Waals surface area contributed by atoms with Crippen molar-refractivity contribution in [2.45, 2.75) is 103 Å². The molecular weight excluding hydrogens is 376 g/mol. The molecule has 1 fully saturated rings. The van der Waals surface area contributed by atoms with Gasteiger partial charge < -0.3 is 34.6 Å². The van der Waals surface area contributed by atoms with E-state index in [9.17, 15) is 20.4 Å². The lowest BCUT2D eigenvalue weighted by Gasteiger charge is -2.40. The SMILES string of the molecule is CCCCCC1Cc2c(C)c(O)c(C)c(OC3OC(C)C(O)C(O)C3O)c2CO1. The molecule has 0 aliphatic carbocycles. The summed E-state index contributed by atoms with van der Waals surface area (Å²) in [5, 5.41) is 41.0. The first kappa shape index (κ1) is 22.3. The van der Waals surface area contributed by atoms with Gasteiger partial charge in [0.05, 0.1) is 18.8 Å². The molecule has 6 atom stereocenters. The normalized spacial score (nSPS) is 32.1. The molecule has 4 N–H and O–H groups in total. The smallest absolute Gasteiger partial charge is 0.229 e. The minimum Gasteiger partial charge on any atom is -0.507 e. The zero-order valence-corrected chi connectivity index (χ0v) is 17.7. The Hall–Kier alpha value is -1.38. The number of hydrogen-bond acceptors (Lipinski definition) is 7. The van der Waals surface area contributed by atoms with Gasteiger partial charge in [-0.05, 0) is 44.7 Å². The summed E-state index contributed by atoms with van der Waals surface area (Å²) in [7, 11) is 0. The summed E-state index contributed by atoms with van der Waals surface area (Å²) in [6, 6.07) is 0. The molecule has 0 saturated carbocycles. The Bertz CT molecular complexity index is 720. The number of hydrogen-bond donors (Lipinski definition) is 4.